The summed E-state index contributed by atoms with van der Waals surface area (Å²) in [5, 5.41) is 0.999. The van der Waals surface area contributed by atoms with E-state index in [-0.39, 0.29) is 0 Å². The van der Waals surface area contributed by atoms with Gasteiger partial charge in [0.1, 0.15) is 6.61 Å². The lowest BCUT2D eigenvalue weighted by Gasteiger charge is -2.11. The standard InChI is InChI=1S/C15H11BrCl2O3/c1-20-15(19)10-6-12(16)14(13(18)7-10)21-8-9-2-4-11(17)5-3-9/h2-7H,8H2,1H3. The monoisotopic (exact) mass is 388 g/mol. The molecule has 0 aliphatic heterocycles. The van der Waals surface area contributed by atoms with E-state index >= 15 is 0 Å². The highest BCUT2D eigenvalue weighted by molar-refractivity contribution is 9.10. The molecule has 0 bridgehead atoms. The number of hydrogen-bond acceptors (Lipinski definition) is 3. The zero-order valence-corrected chi connectivity index (χ0v) is 14.1. The first-order valence-electron chi connectivity index (χ1n) is 5.96. The van der Waals surface area contributed by atoms with Crippen molar-refractivity contribution < 1.29 is 14.3 Å². The largest absolute Gasteiger partial charge is 0.486 e. The van der Waals surface area contributed by atoms with E-state index in [1.165, 1.54) is 13.2 Å². The van der Waals surface area contributed by atoms with E-state index in [1.807, 2.05) is 12.1 Å². The number of esters is 1. The van der Waals surface area contributed by atoms with Gasteiger partial charge in [-0.15, -0.1) is 0 Å². The molecule has 0 saturated carbocycles. The maximum absolute atomic E-state index is 11.5. The van der Waals surface area contributed by atoms with Gasteiger partial charge in [-0.1, -0.05) is 35.3 Å². The molecule has 0 atom stereocenters. The van der Waals surface area contributed by atoms with Gasteiger partial charge in [0, 0.05) is 5.02 Å². The molecule has 110 valence electrons. The normalized spacial score (nSPS) is 10.3. The Balaban J connectivity index is 2.17. The first-order chi connectivity index (χ1) is 10.0. The fraction of sp³-hybridized carbons (Fsp3) is 0.133. The fourth-order valence-corrected chi connectivity index (χ4v) is 2.76. The van der Waals surface area contributed by atoms with E-state index in [2.05, 4.69) is 20.7 Å². The summed E-state index contributed by atoms with van der Waals surface area (Å²) >= 11 is 15.3. The Morgan fingerprint density at radius 3 is 2.43 bits per heavy atom. The highest BCUT2D eigenvalue weighted by Crippen LogP contribution is 2.35. The Bertz CT molecular complexity index is 633. The van der Waals surface area contributed by atoms with E-state index in [1.54, 1.807) is 18.2 Å². The quantitative estimate of drug-likeness (QED) is 0.680. The van der Waals surface area contributed by atoms with Crippen molar-refractivity contribution in [1.82, 2.24) is 0 Å². The van der Waals surface area contributed by atoms with E-state index in [0.717, 1.165) is 5.56 Å². The molecule has 6 heteroatoms. The summed E-state index contributed by atoms with van der Waals surface area (Å²) in [7, 11) is 1.31. The number of benzene rings is 2. The zero-order valence-electron chi connectivity index (χ0n) is 11.0. The summed E-state index contributed by atoms with van der Waals surface area (Å²) in [5.74, 6) is 0.0149. The van der Waals surface area contributed by atoms with E-state index in [0.29, 0.717) is 32.4 Å². The molecule has 2 aromatic carbocycles. The lowest BCUT2D eigenvalue weighted by atomic mass is 10.2. The molecular weight excluding hydrogens is 379 g/mol. The molecule has 2 aromatic rings. The maximum atomic E-state index is 11.5. The van der Waals surface area contributed by atoms with Crippen LogP contribution in [0.4, 0.5) is 0 Å². The third-order valence-corrected chi connectivity index (χ3v) is 3.84. The summed E-state index contributed by atoms with van der Waals surface area (Å²) in [6, 6.07) is 10.4. The summed E-state index contributed by atoms with van der Waals surface area (Å²) in [5.41, 5.74) is 1.31. The molecule has 0 saturated heterocycles. The average molecular weight is 390 g/mol. The molecular formula is C15H11BrCl2O3. The van der Waals surface area contributed by atoms with Crippen molar-refractivity contribution in [3.8, 4) is 5.75 Å². The molecule has 0 spiro atoms. The number of ether oxygens (including phenoxy) is 2. The van der Waals surface area contributed by atoms with Gasteiger partial charge in [-0.25, -0.2) is 4.79 Å². The second kappa shape index (κ2) is 7.16. The van der Waals surface area contributed by atoms with Gasteiger partial charge in [-0.2, -0.15) is 0 Å². The number of rotatable bonds is 4. The van der Waals surface area contributed by atoms with Crippen molar-refractivity contribution in [2.24, 2.45) is 0 Å². The van der Waals surface area contributed by atoms with Crippen LogP contribution in [-0.2, 0) is 11.3 Å². The van der Waals surface area contributed by atoms with Gasteiger partial charge in [-0.3, -0.25) is 0 Å². The van der Waals surface area contributed by atoms with Gasteiger partial charge < -0.3 is 9.47 Å². The molecule has 0 fully saturated rings. The highest BCUT2D eigenvalue weighted by Gasteiger charge is 2.14. The van der Waals surface area contributed by atoms with E-state index < -0.39 is 5.97 Å². The lowest BCUT2D eigenvalue weighted by Crippen LogP contribution is -2.03. The molecule has 0 aliphatic carbocycles. The number of carbonyl (C=O) groups is 1. The summed E-state index contributed by atoms with van der Waals surface area (Å²) in [6.07, 6.45) is 0. The molecule has 0 heterocycles. The predicted octanol–water partition coefficient (Wildman–Crippen LogP) is 5.12. The molecule has 0 radical (unpaired) electrons. The molecule has 21 heavy (non-hydrogen) atoms. The predicted molar refractivity (Wildman–Crippen MR) is 86.3 cm³/mol. The Morgan fingerprint density at radius 1 is 1.19 bits per heavy atom. The smallest absolute Gasteiger partial charge is 0.337 e. The molecule has 0 N–H and O–H groups in total. The van der Waals surface area contributed by atoms with Crippen molar-refractivity contribution in [3.63, 3.8) is 0 Å². The SMILES string of the molecule is COC(=O)c1cc(Cl)c(OCc2ccc(Cl)cc2)c(Br)c1. The van der Waals surface area contributed by atoms with Crippen molar-refractivity contribution >= 4 is 45.1 Å². The van der Waals surface area contributed by atoms with Crippen LogP contribution in [-0.4, -0.2) is 13.1 Å². The number of methoxy groups -OCH3 is 1. The number of carbonyl (C=O) groups excluding carboxylic acids is 1. The minimum Gasteiger partial charge on any atom is -0.486 e. The van der Waals surface area contributed by atoms with Gasteiger partial charge >= 0.3 is 5.97 Å². The van der Waals surface area contributed by atoms with Crippen LogP contribution < -0.4 is 4.74 Å². The van der Waals surface area contributed by atoms with Gasteiger partial charge in [0.15, 0.2) is 5.75 Å². The van der Waals surface area contributed by atoms with Crippen molar-refractivity contribution in [2.75, 3.05) is 7.11 Å². The van der Waals surface area contributed by atoms with Crippen LogP contribution in [0.3, 0.4) is 0 Å². The van der Waals surface area contributed by atoms with Gasteiger partial charge in [0.2, 0.25) is 0 Å². The van der Waals surface area contributed by atoms with Crippen LogP contribution in [0.5, 0.6) is 5.75 Å². The van der Waals surface area contributed by atoms with Crippen LogP contribution in [0.1, 0.15) is 15.9 Å². The third-order valence-electron chi connectivity index (χ3n) is 2.72. The van der Waals surface area contributed by atoms with Crippen LogP contribution in [0.15, 0.2) is 40.9 Å². The molecule has 0 aliphatic rings. The van der Waals surface area contributed by atoms with Crippen molar-refractivity contribution in [3.05, 3.63) is 62.0 Å². The van der Waals surface area contributed by atoms with Gasteiger partial charge in [-0.05, 0) is 45.8 Å². The van der Waals surface area contributed by atoms with Crippen molar-refractivity contribution in [1.29, 1.82) is 0 Å². The first kappa shape index (κ1) is 16.1. The van der Waals surface area contributed by atoms with E-state index in [9.17, 15) is 4.79 Å². The first-order valence-corrected chi connectivity index (χ1v) is 7.50. The second-order valence-electron chi connectivity index (χ2n) is 4.18. The highest BCUT2D eigenvalue weighted by atomic mass is 79.9. The molecule has 2 rings (SSSR count). The Morgan fingerprint density at radius 2 is 1.86 bits per heavy atom. The van der Waals surface area contributed by atoms with E-state index in [4.69, 9.17) is 27.9 Å². The fourth-order valence-electron chi connectivity index (χ4n) is 1.67. The van der Waals surface area contributed by atoms with Crippen molar-refractivity contribution in [2.45, 2.75) is 6.61 Å². The van der Waals surface area contributed by atoms with Crippen LogP contribution in [0.25, 0.3) is 0 Å². The van der Waals surface area contributed by atoms with Gasteiger partial charge in [0.25, 0.3) is 0 Å². The molecule has 0 amide bonds. The summed E-state index contributed by atoms with van der Waals surface area (Å²) in [6.45, 7) is 0.340. The lowest BCUT2D eigenvalue weighted by molar-refractivity contribution is 0.0600. The van der Waals surface area contributed by atoms with Gasteiger partial charge in [0.05, 0.1) is 22.2 Å². The Kier molecular flexibility index (Phi) is 5.51. The minimum absolute atomic E-state index is 0.332. The Labute approximate surface area is 140 Å². The molecule has 0 unspecified atom stereocenters. The second-order valence-corrected chi connectivity index (χ2v) is 5.87. The maximum Gasteiger partial charge on any atom is 0.337 e. The summed E-state index contributed by atoms with van der Waals surface area (Å²) < 4.78 is 10.9. The molecule has 0 aromatic heterocycles. The van der Waals surface area contributed by atoms with Crippen LogP contribution >= 0.6 is 39.1 Å². The topological polar surface area (TPSA) is 35.5 Å². The third kappa shape index (κ3) is 4.13. The number of hydrogen-bond donors (Lipinski definition) is 0. The molecule has 3 nitrogen and oxygen atoms in total. The van der Waals surface area contributed by atoms with Crippen LogP contribution in [0, 0.1) is 0 Å². The average Bonchev–Trinajstić information content (AvgIpc) is 2.47. The Hall–Kier alpha value is -1.23. The number of halogens is 3. The minimum atomic E-state index is -0.457. The van der Waals surface area contributed by atoms with Crippen LogP contribution in [0.2, 0.25) is 10.0 Å². The summed E-state index contributed by atoms with van der Waals surface area (Å²) in [4.78, 5) is 11.5. The zero-order chi connectivity index (χ0) is 15.4.